The Bertz CT molecular complexity index is 929. The van der Waals surface area contributed by atoms with Crippen LogP contribution in [0.25, 0.3) is 10.6 Å². The van der Waals surface area contributed by atoms with Crippen molar-refractivity contribution >= 4 is 34.5 Å². The summed E-state index contributed by atoms with van der Waals surface area (Å²) in [6.45, 7) is 2.74. The van der Waals surface area contributed by atoms with Crippen molar-refractivity contribution in [3.8, 4) is 10.6 Å². The number of carbonyl (C=O) groups excluding carboxylic acids is 2. The SMILES string of the molecule is O=C(Cn1nc(C(=O)N2CCOCC2)cc1-c1cccs1)NCc1cccs1. The molecule has 2 amide bonds. The van der Waals surface area contributed by atoms with E-state index in [-0.39, 0.29) is 18.4 Å². The van der Waals surface area contributed by atoms with Crippen LogP contribution >= 0.6 is 22.7 Å². The number of nitrogens with one attached hydrogen (secondary N) is 1. The molecule has 1 N–H and O–H groups in total. The molecule has 28 heavy (non-hydrogen) atoms. The molecule has 0 aliphatic carbocycles. The zero-order chi connectivity index (χ0) is 19.3. The molecule has 0 atom stereocenters. The Hall–Kier alpha value is -2.49. The van der Waals surface area contributed by atoms with Crippen LogP contribution in [0.4, 0.5) is 0 Å². The molecule has 9 heteroatoms. The first-order valence-electron chi connectivity index (χ1n) is 8.98. The number of hydrogen-bond acceptors (Lipinski definition) is 6. The van der Waals surface area contributed by atoms with Gasteiger partial charge in [0.1, 0.15) is 6.54 Å². The van der Waals surface area contributed by atoms with Crippen molar-refractivity contribution in [3.05, 3.63) is 51.7 Å². The van der Waals surface area contributed by atoms with Crippen LogP contribution in [0.2, 0.25) is 0 Å². The molecule has 1 aliphatic rings. The molecular weight excluding hydrogens is 396 g/mol. The molecule has 7 nitrogen and oxygen atoms in total. The average Bonchev–Trinajstić information content (AvgIpc) is 3.47. The van der Waals surface area contributed by atoms with Crippen LogP contribution < -0.4 is 5.32 Å². The maximum absolute atomic E-state index is 12.8. The number of morpholine rings is 1. The fourth-order valence-corrected chi connectivity index (χ4v) is 4.37. The highest BCUT2D eigenvalue weighted by Crippen LogP contribution is 2.26. The second-order valence-electron chi connectivity index (χ2n) is 6.31. The number of ether oxygens (including phenoxy) is 1. The summed E-state index contributed by atoms with van der Waals surface area (Å²) in [5.74, 6) is -0.265. The third-order valence-corrected chi connectivity index (χ3v) is 6.17. The van der Waals surface area contributed by atoms with Gasteiger partial charge in [0.05, 0.1) is 30.3 Å². The summed E-state index contributed by atoms with van der Waals surface area (Å²) in [5, 5.41) is 11.3. The molecular formula is C19H20N4O3S2. The summed E-state index contributed by atoms with van der Waals surface area (Å²) < 4.78 is 6.93. The Morgan fingerprint density at radius 1 is 1.14 bits per heavy atom. The van der Waals surface area contributed by atoms with Crippen molar-refractivity contribution in [2.24, 2.45) is 0 Å². The molecule has 4 rings (SSSR count). The lowest BCUT2D eigenvalue weighted by atomic mass is 10.2. The molecule has 1 aliphatic heterocycles. The van der Waals surface area contributed by atoms with E-state index in [0.29, 0.717) is 38.5 Å². The van der Waals surface area contributed by atoms with Crippen LogP contribution in [-0.2, 0) is 22.6 Å². The Labute approximate surface area is 170 Å². The third-order valence-electron chi connectivity index (χ3n) is 4.40. The second-order valence-corrected chi connectivity index (χ2v) is 8.29. The van der Waals surface area contributed by atoms with E-state index in [1.54, 1.807) is 38.3 Å². The zero-order valence-corrected chi connectivity index (χ0v) is 16.8. The minimum absolute atomic E-state index is 0.0645. The van der Waals surface area contributed by atoms with Gasteiger partial charge in [0.15, 0.2) is 5.69 Å². The first kappa shape index (κ1) is 18.9. The number of rotatable bonds is 6. The van der Waals surface area contributed by atoms with Crippen LogP contribution in [0, 0.1) is 0 Å². The first-order valence-corrected chi connectivity index (χ1v) is 10.7. The molecule has 1 saturated heterocycles. The van der Waals surface area contributed by atoms with Crippen molar-refractivity contribution in [2.75, 3.05) is 26.3 Å². The van der Waals surface area contributed by atoms with E-state index in [0.717, 1.165) is 15.4 Å². The maximum atomic E-state index is 12.8. The number of thiophene rings is 2. The molecule has 3 aromatic rings. The minimum atomic E-state index is -0.139. The predicted molar refractivity (Wildman–Crippen MR) is 108 cm³/mol. The number of aromatic nitrogens is 2. The van der Waals surface area contributed by atoms with Crippen molar-refractivity contribution in [1.82, 2.24) is 20.0 Å². The van der Waals surface area contributed by atoms with E-state index >= 15 is 0 Å². The van der Waals surface area contributed by atoms with Crippen LogP contribution in [0.15, 0.2) is 41.1 Å². The van der Waals surface area contributed by atoms with Gasteiger partial charge in [-0.2, -0.15) is 5.10 Å². The fraction of sp³-hybridized carbons (Fsp3) is 0.316. The molecule has 3 aromatic heterocycles. The lowest BCUT2D eigenvalue weighted by Gasteiger charge is -2.25. The molecule has 0 spiro atoms. The fourth-order valence-electron chi connectivity index (χ4n) is 2.98. The maximum Gasteiger partial charge on any atom is 0.274 e. The highest BCUT2D eigenvalue weighted by Gasteiger charge is 2.23. The molecule has 0 saturated carbocycles. The second kappa shape index (κ2) is 8.68. The van der Waals surface area contributed by atoms with Crippen molar-refractivity contribution in [2.45, 2.75) is 13.1 Å². The van der Waals surface area contributed by atoms with Gasteiger partial charge in [-0.05, 0) is 29.0 Å². The van der Waals surface area contributed by atoms with Gasteiger partial charge in [-0.15, -0.1) is 22.7 Å². The topological polar surface area (TPSA) is 76.5 Å². The largest absolute Gasteiger partial charge is 0.378 e. The predicted octanol–water partition coefficient (Wildman–Crippen LogP) is 2.46. The van der Waals surface area contributed by atoms with Crippen LogP contribution in [0.5, 0.6) is 0 Å². The zero-order valence-electron chi connectivity index (χ0n) is 15.2. The normalized spacial score (nSPS) is 14.2. The molecule has 0 radical (unpaired) electrons. The van der Waals surface area contributed by atoms with Gasteiger partial charge in [0.2, 0.25) is 5.91 Å². The number of nitrogens with zero attached hydrogens (tertiary/aromatic N) is 3. The van der Waals surface area contributed by atoms with Gasteiger partial charge in [-0.1, -0.05) is 12.1 Å². The number of amides is 2. The molecule has 4 heterocycles. The molecule has 0 aromatic carbocycles. The minimum Gasteiger partial charge on any atom is -0.378 e. The monoisotopic (exact) mass is 416 g/mol. The highest BCUT2D eigenvalue weighted by atomic mass is 32.1. The van der Waals surface area contributed by atoms with E-state index in [1.807, 2.05) is 35.0 Å². The van der Waals surface area contributed by atoms with Gasteiger partial charge in [-0.3, -0.25) is 14.3 Å². The third kappa shape index (κ3) is 4.32. The van der Waals surface area contributed by atoms with Crippen molar-refractivity contribution in [3.63, 3.8) is 0 Å². The van der Waals surface area contributed by atoms with Gasteiger partial charge < -0.3 is 15.0 Å². The molecule has 0 bridgehead atoms. The summed E-state index contributed by atoms with van der Waals surface area (Å²) >= 11 is 3.15. The first-order chi connectivity index (χ1) is 13.7. The summed E-state index contributed by atoms with van der Waals surface area (Å²) in [5.41, 5.74) is 1.13. The highest BCUT2D eigenvalue weighted by molar-refractivity contribution is 7.13. The van der Waals surface area contributed by atoms with Gasteiger partial charge in [-0.25, -0.2) is 0 Å². The quantitative estimate of drug-likeness (QED) is 0.670. The smallest absolute Gasteiger partial charge is 0.274 e. The van der Waals surface area contributed by atoms with Crippen LogP contribution in [0.3, 0.4) is 0 Å². The van der Waals surface area contributed by atoms with E-state index in [4.69, 9.17) is 4.74 Å². The number of carbonyl (C=O) groups is 2. The Morgan fingerprint density at radius 3 is 2.64 bits per heavy atom. The Kier molecular flexibility index (Phi) is 5.84. The van der Waals surface area contributed by atoms with E-state index in [9.17, 15) is 9.59 Å². The molecule has 0 unspecified atom stereocenters. The van der Waals surface area contributed by atoms with Crippen LogP contribution in [0.1, 0.15) is 15.4 Å². The van der Waals surface area contributed by atoms with Crippen LogP contribution in [-0.4, -0.2) is 52.8 Å². The van der Waals surface area contributed by atoms with E-state index in [1.165, 1.54) is 0 Å². The van der Waals surface area contributed by atoms with E-state index in [2.05, 4.69) is 10.4 Å². The van der Waals surface area contributed by atoms with Gasteiger partial charge in [0, 0.05) is 18.0 Å². The van der Waals surface area contributed by atoms with Crippen molar-refractivity contribution in [1.29, 1.82) is 0 Å². The molecule has 1 fully saturated rings. The Balaban J connectivity index is 1.52. The summed E-state index contributed by atoms with van der Waals surface area (Å²) in [4.78, 5) is 29.0. The lowest BCUT2D eigenvalue weighted by molar-refractivity contribution is -0.122. The number of hydrogen-bond donors (Lipinski definition) is 1. The Morgan fingerprint density at radius 2 is 1.93 bits per heavy atom. The summed E-state index contributed by atoms with van der Waals surface area (Å²) in [7, 11) is 0. The molecule has 146 valence electrons. The lowest BCUT2D eigenvalue weighted by Crippen LogP contribution is -2.40. The van der Waals surface area contributed by atoms with Gasteiger partial charge >= 0.3 is 0 Å². The van der Waals surface area contributed by atoms with Gasteiger partial charge in [0.25, 0.3) is 5.91 Å². The average molecular weight is 417 g/mol. The standard InChI is InChI=1S/C19H20N4O3S2/c24-18(20-12-14-3-1-9-27-14)13-23-16(17-4-2-10-28-17)11-15(21-23)19(25)22-5-7-26-8-6-22/h1-4,9-11H,5-8,12-13H2,(H,20,24). The summed E-state index contributed by atoms with van der Waals surface area (Å²) in [6, 6.07) is 9.62. The van der Waals surface area contributed by atoms with E-state index < -0.39 is 0 Å². The van der Waals surface area contributed by atoms with Crippen molar-refractivity contribution < 1.29 is 14.3 Å². The summed E-state index contributed by atoms with van der Waals surface area (Å²) in [6.07, 6.45) is 0.